The highest BCUT2D eigenvalue weighted by molar-refractivity contribution is 5.88. The molecule has 2 aromatic rings. The fourth-order valence-electron chi connectivity index (χ4n) is 2.97. The van der Waals surface area contributed by atoms with Crippen molar-refractivity contribution in [2.45, 2.75) is 18.8 Å². The van der Waals surface area contributed by atoms with Crippen LogP contribution in [0.25, 0.3) is 5.82 Å². The molecule has 2 aliphatic carbocycles. The molecule has 0 unspecified atom stereocenters. The summed E-state index contributed by atoms with van der Waals surface area (Å²) in [6.07, 6.45) is 3.18. The molecule has 2 atom stereocenters. The Morgan fingerprint density at radius 2 is 2.37 bits per heavy atom. The largest absolute Gasteiger partial charge is 0.476 e. The first-order valence-corrected chi connectivity index (χ1v) is 6.12. The molecular weight excluding hydrogens is 249 g/mol. The Bertz CT molecular complexity index is 710. The number of carboxylic acids is 1. The van der Waals surface area contributed by atoms with Crippen LogP contribution < -0.4 is 0 Å². The molecule has 0 spiro atoms. The molecule has 0 bridgehead atoms. The van der Waals surface area contributed by atoms with Gasteiger partial charge in [0.05, 0.1) is 5.69 Å². The van der Waals surface area contributed by atoms with Crippen molar-refractivity contribution >= 4 is 5.97 Å². The van der Waals surface area contributed by atoms with E-state index >= 15 is 0 Å². The highest BCUT2D eigenvalue weighted by Crippen LogP contribution is 2.57. The smallest absolute Gasteiger partial charge is 0.356 e. The van der Waals surface area contributed by atoms with E-state index in [0.29, 0.717) is 17.7 Å². The number of hydrogen-bond donors (Lipinski definition) is 1. The Morgan fingerprint density at radius 1 is 1.53 bits per heavy atom. The SMILES string of the molecule is O=C(O)c1nn(-c2cc(F)ccn2)c2c1C[C@H]1C[C@@H]21. The molecule has 1 N–H and O–H groups in total. The number of hydrogen-bond acceptors (Lipinski definition) is 3. The summed E-state index contributed by atoms with van der Waals surface area (Å²) < 4.78 is 14.8. The minimum atomic E-state index is -1.03. The van der Waals surface area contributed by atoms with Gasteiger partial charge in [-0.1, -0.05) is 0 Å². The number of aromatic nitrogens is 3. The fraction of sp³-hybridized carbons (Fsp3) is 0.308. The highest BCUT2D eigenvalue weighted by Gasteiger charge is 2.50. The Balaban J connectivity index is 1.94. The zero-order chi connectivity index (χ0) is 13.1. The lowest BCUT2D eigenvalue weighted by atomic mass is 10.1. The van der Waals surface area contributed by atoms with Gasteiger partial charge < -0.3 is 5.11 Å². The monoisotopic (exact) mass is 259 g/mol. The quantitative estimate of drug-likeness (QED) is 0.892. The lowest BCUT2D eigenvalue weighted by molar-refractivity contribution is 0.0688. The van der Waals surface area contributed by atoms with Crippen LogP contribution in [-0.4, -0.2) is 25.8 Å². The number of carbonyl (C=O) groups is 1. The van der Waals surface area contributed by atoms with E-state index in [1.54, 1.807) is 0 Å². The average Bonchev–Trinajstić information content (AvgIpc) is 2.87. The van der Waals surface area contributed by atoms with Gasteiger partial charge in [-0.2, -0.15) is 5.10 Å². The van der Waals surface area contributed by atoms with Crippen LogP contribution in [0.5, 0.6) is 0 Å². The molecule has 96 valence electrons. The Morgan fingerprint density at radius 3 is 3.11 bits per heavy atom. The van der Waals surface area contributed by atoms with Crippen molar-refractivity contribution in [1.29, 1.82) is 0 Å². The van der Waals surface area contributed by atoms with Gasteiger partial charge in [0.25, 0.3) is 0 Å². The zero-order valence-corrected chi connectivity index (χ0v) is 9.88. The maximum Gasteiger partial charge on any atom is 0.356 e. The molecule has 5 nitrogen and oxygen atoms in total. The predicted octanol–water partition coefficient (Wildman–Crippen LogP) is 1.76. The van der Waals surface area contributed by atoms with Crippen LogP contribution in [0.1, 0.15) is 34.1 Å². The molecule has 2 heterocycles. The van der Waals surface area contributed by atoms with Crippen molar-refractivity contribution in [1.82, 2.24) is 14.8 Å². The first-order valence-electron chi connectivity index (χ1n) is 6.12. The minimum absolute atomic E-state index is 0.0771. The van der Waals surface area contributed by atoms with Crippen LogP contribution in [0.15, 0.2) is 18.3 Å². The summed E-state index contributed by atoms with van der Waals surface area (Å²) in [4.78, 5) is 15.3. The molecule has 0 aromatic carbocycles. The van der Waals surface area contributed by atoms with Gasteiger partial charge >= 0.3 is 5.97 Å². The van der Waals surface area contributed by atoms with E-state index in [1.807, 2.05) is 0 Å². The third kappa shape index (κ3) is 1.43. The second-order valence-corrected chi connectivity index (χ2v) is 5.07. The Hall–Kier alpha value is -2.24. The van der Waals surface area contributed by atoms with E-state index in [2.05, 4.69) is 10.1 Å². The standard InChI is InChI=1S/C13H10FN3O2/c14-7-1-2-15-10(5-7)17-12-8-3-6(8)4-9(12)11(16-17)13(18)19/h1-2,5-6,8H,3-4H2,(H,18,19)/t6-,8-/m1/s1. The van der Waals surface area contributed by atoms with E-state index in [1.165, 1.54) is 23.0 Å². The third-order valence-electron chi connectivity index (χ3n) is 3.89. The number of rotatable bonds is 2. The van der Waals surface area contributed by atoms with Crippen molar-refractivity contribution < 1.29 is 14.3 Å². The van der Waals surface area contributed by atoms with Crippen LogP contribution in [0.2, 0.25) is 0 Å². The van der Waals surface area contributed by atoms with Crippen molar-refractivity contribution in [3.63, 3.8) is 0 Å². The highest BCUT2D eigenvalue weighted by atomic mass is 19.1. The first kappa shape index (κ1) is 10.7. The third-order valence-corrected chi connectivity index (χ3v) is 3.89. The number of aromatic carboxylic acids is 1. The Kier molecular flexibility index (Phi) is 1.91. The molecule has 6 heteroatoms. The van der Waals surface area contributed by atoms with Gasteiger partial charge in [-0.3, -0.25) is 0 Å². The van der Waals surface area contributed by atoms with Gasteiger partial charge in [0.2, 0.25) is 0 Å². The maximum absolute atomic E-state index is 13.3. The molecule has 1 fully saturated rings. The second-order valence-electron chi connectivity index (χ2n) is 5.07. The number of pyridine rings is 1. The van der Waals surface area contributed by atoms with Crippen LogP contribution >= 0.6 is 0 Å². The molecular formula is C13H10FN3O2. The summed E-state index contributed by atoms with van der Waals surface area (Å²) >= 11 is 0. The number of halogens is 1. The summed E-state index contributed by atoms with van der Waals surface area (Å²) in [6.45, 7) is 0. The summed E-state index contributed by atoms with van der Waals surface area (Å²) in [7, 11) is 0. The molecule has 0 radical (unpaired) electrons. The summed E-state index contributed by atoms with van der Waals surface area (Å²) in [6, 6.07) is 2.53. The van der Waals surface area contributed by atoms with Crippen molar-refractivity contribution in [3.8, 4) is 5.82 Å². The lowest BCUT2D eigenvalue weighted by Crippen LogP contribution is -2.06. The van der Waals surface area contributed by atoms with Crippen LogP contribution in [-0.2, 0) is 6.42 Å². The summed E-state index contributed by atoms with van der Waals surface area (Å²) in [5.74, 6) is -0.202. The molecule has 0 aliphatic heterocycles. The summed E-state index contributed by atoms with van der Waals surface area (Å²) in [5.41, 5.74) is 1.77. The predicted molar refractivity (Wildman–Crippen MR) is 62.8 cm³/mol. The van der Waals surface area contributed by atoms with Gasteiger partial charge in [0, 0.05) is 23.7 Å². The molecule has 0 amide bonds. The van der Waals surface area contributed by atoms with Crippen molar-refractivity contribution in [2.24, 2.45) is 5.92 Å². The van der Waals surface area contributed by atoms with E-state index in [4.69, 9.17) is 0 Å². The van der Waals surface area contributed by atoms with Crippen LogP contribution in [0.3, 0.4) is 0 Å². The molecule has 0 saturated heterocycles. The molecule has 2 aliphatic rings. The van der Waals surface area contributed by atoms with Crippen molar-refractivity contribution in [2.75, 3.05) is 0 Å². The van der Waals surface area contributed by atoms with Gasteiger partial charge in [0.1, 0.15) is 5.82 Å². The Labute approximate surface area is 107 Å². The van der Waals surface area contributed by atoms with Crippen molar-refractivity contribution in [3.05, 3.63) is 41.1 Å². The van der Waals surface area contributed by atoms with Gasteiger partial charge in [-0.05, 0) is 24.8 Å². The van der Waals surface area contributed by atoms with Gasteiger partial charge in [0.15, 0.2) is 11.5 Å². The van der Waals surface area contributed by atoms with Crippen LogP contribution in [0.4, 0.5) is 4.39 Å². The molecule has 1 saturated carbocycles. The normalized spacial score (nSPS) is 23.0. The molecule has 4 rings (SSSR count). The molecule has 19 heavy (non-hydrogen) atoms. The lowest BCUT2D eigenvalue weighted by Gasteiger charge is -2.04. The zero-order valence-electron chi connectivity index (χ0n) is 9.88. The van der Waals surface area contributed by atoms with E-state index in [0.717, 1.165) is 24.1 Å². The minimum Gasteiger partial charge on any atom is -0.476 e. The first-order chi connectivity index (χ1) is 9.15. The number of nitrogens with zero attached hydrogens (tertiary/aromatic N) is 3. The molecule has 2 aromatic heterocycles. The summed E-state index contributed by atoms with van der Waals surface area (Å²) in [5, 5.41) is 13.3. The average molecular weight is 259 g/mol. The van der Waals surface area contributed by atoms with Gasteiger partial charge in [-0.15, -0.1) is 0 Å². The van der Waals surface area contributed by atoms with E-state index in [-0.39, 0.29) is 5.69 Å². The van der Waals surface area contributed by atoms with E-state index in [9.17, 15) is 14.3 Å². The number of fused-ring (bicyclic) bond motifs is 3. The van der Waals surface area contributed by atoms with Gasteiger partial charge in [-0.25, -0.2) is 18.9 Å². The number of carboxylic acid groups (broad SMARTS) is 1. The van der Waals surface area contributed by atoms with Crippen LogP contribution in [0, 0.1) is 11.7 Å². The maximum atomic E-state index is 13.3. The topological polar surface area (TPSA) is 68.0 Å². The van der Waals surface area contributed by atoms with E-state index < -0.39 is 11.8 Å². The second kappa shape index (κ2) is 3.40. The fourth-order valence-corrected chi connectivity index (χ4v) is 2.97.